The van der Waals surface area contributed by atoms with E-state index in [2.05, 4.69) is 185 Å². The molecule has 0 aliphatic heterocycles. The summed E-state index contributed by atoms with van der Waals surface area (Å²) in [6.45, 7) is 22.8. The van der Waals surface area contributed by atoms with Gasteiger partial charge >= 0.3 is 0 Å². The molecule has 3 aliphatic rings. The van der Waals surface area contributed by atoms with Crippen LogP contribution in [0.15, 0.2) is 115 Å². The van der Waals surface area contributed by atoms with Crippen LogP contribution in [0.2, 0.25) is 0 Å². The summed E-state index contributed by atoms with van der Waals surface area (Å²) in [5.41, 5.74) is 25.0. The third kappa shape index (κ3) is 22.5. The number of rotatable bonds is 47. The molecule has 6 aromatic rings. The summed E-state index contributed by atoms with van der Waals surface area (Å²) in [4.78, 5) is 11.7. The number of carbonyl (C=O) groups excluding carboxylic acids is 1. The third-order valence-corrected chi connectivity index (χ3v) is 23.7. The van der Waals surface area contributed by atoms with Crippen molar-refractivity contribution in [3.63, 3.8) is 0 Å². The first-order valence-electron chi connectivity index (χ1n) is 42.0. The third-order valence-electron chi connectivity index (χ3n) is 23.7. The van der Waals surface area contributed by atoms with E-state index in [0.29, 0.717) is 0 Å². The average molecular weight is 1360 g/mol. The van der Waals surface area contributed by atoms with Crippen LogP contribution in [0.4, 0.5) is 0 Å². The van der Waals surface area contributed by atoms with E-state index in [-0.39, 0.29) is 23.7 Å². The van der Waals surface area contributed by atoms with Crippen molar-refractivity contribution in [3.8, 4) is 39.1 Å². The number of ether oxygens (including phenoxy) is 1. The summed E-state index contributed by atoms with van der Waals surface area (Å²) < 4.78 is 5.66. The van der Waals surface area contributed by atoms with Crippen molar-refractivity contribution in [2.24, 2.45) is 0 Å². The molecule has 0 unspecified atom stereocenters. The Morgan fingerprint density at radius 1 is 0.310 bits per heavy atom. The smallest absolute Gasteiger partial charge is 0.150 e. The Morgan fingerprint density at radius 3 is 0.900 bits per heavy atom. The van der Waals surface area contributed by atoms with Gasteiger partial charge in [0.2, 0.25) is 0 Å². The highest BCUT2D eigenvalue weighted by Crippen LogP contribution is 2.58. The van der Waals surface area contributed by atoms with Crippen molar-refractivity contribution in [2.75, 3.05) is 7.11 Å². The standard InChI is InChI=1S/C33H48.C33H50.C31H44O2.CH4/c1-5-8-10-12-14-16-23-33(24-17-15-13-11-9-6-2)31-25-27(4)19-21-29(31)30-22-20-28(18-7-3)26-32(30)33;1-5-9-11-13-15-17-23-33(24-18-16-14-12-10-6-2)31-25-27(7-3)19-21-29(31)30-22-20-28(8-4)26-32(30)33;1-4-6-8-10-12-14-20-31(21-15-13-11-9-7-5-2)29-22-25(24-32)16-18-27(29)28-19-17-26(33-3)23-30(28)31;/h7,18-22,25-26H,5-6,8-17,23-24H2,1-4H3;19-22,25-26H,5-18,23-24H2,1-4H3;16-19,22-24H,4-15,20-21H2,1-3H3;1H4/b18-7+;;;. The van der Waals surface area contributed by atoms with Gasteiger partial charge in [-0.1, -0.05) is 403 Å². The molecule has 0 heterocycles. The summed E-state index contributed by atoms with van der Waals surface area (Å²) in [5.74, 6) is 0.937. The minimum absolute atomic E-state index is 0. The highest BCUT2D eigenvalue weighted by molar-refractivity contribution is 5.86. The first kappa shape index (κ1) is 83.5. The highest BCUT2D eigenvalue weighted by atomic mass is 16.5. The van der Waals surface area contributed by atoms with Gasteiger partial charge in [-0.15, -0.1) is 0 Å². The number of benzene rings is 6. The molecule has 0 radical (unpaired) electrons. The lowest BCUT2D eigenvalue weighted by molar-refractivity contribution is 0.112. The number of allylic oxidation sites excluding steroid dienone is 1. The number of hydrogen-bond acceptors (Lipinski definition) is 2. The fourth-order valence-electron chi connectivity index (χ4n) is 17.9. The molecule has 0 amide bonds. The fourth-order valence-corrected chi connectivity index (χ4v) is 17.9. The Morgan fingerprint density at radius 2 is 0.580 bits per heavy atom. The van der Waals surface area contributed by atoms with Gasteiger partial charge in [-0.25, -0.2) is 0 Å². The Bertz CT molecular complexity index is 3210. The van der Waals surface area contributed by atoms with Gasteiger partial charge in [0.05, 0.1) is 7.11 Å². The van der Waals surface area contributed by atoms with E-state index in [1.165, 1.54) is 324 Å². The van der Waals surface area contributed by atoms with Crippen LogP contribution in [-0.2, 0) is 29.1 Å². The van der Waals surface area contributed by atoms with Gasteiger partial charge in [0.15, 0.2) is 0 Å². The maximum atomic E-state index is 11.7. The van der Waals surface area contributed by atoms with Crippen LogP contribution in [-0.4, -0.2) is 13.4 Å². The summed E-state index contributed by atoms with van der Waals surface area (Å²) >= 11 is 0. The van der Waals surface area contributed by atoms with E-state index in [1.54, 1.807) is 29.4 Å². The van der Waals surface area contributed by atoms with E-state index >= 15 is 0 Å². The number of aryl methyl sites for hydroxylation is 3. The monoisotopic (exact) mass is 1360 g/mol. The Hall–Kier alpha value is -5.47. The summed E-state index contributed by atoms with van der Waals surface area (Å²) in [6, 6.07) is 42.3. The van der Waals surface area contributed by atoms with E-state index < -0.39 is 0 Å². The Kier molecular flexibility index (Phi) is 38.1. The van der Waals surface area contributed by atoms with Gasteiger partial charge in [0.25, 0.3) is 0 Å². The van der Waals surface area contributed by atoms with Crippen LogP contribution in [0.1, 0.15) is 405 Å². The first-order valence-corrected chi connectivity index (χ1v) is 42.0. The molecule has 550 valence electrons. The first-order chi connectivity index (χ1) is 48.5. The van der Waals surface area contributed by atoms with Crippen LogP contribution in [0, 0.1) is 6.92 Å². The highest BCUT2D eigenvalue weighted by Gasteiger charge is 2.45. The van der Waals surface area contributed by atoms with E-state index in [0.717, 1.165) is 43.3 Å². The number of fused-ring (bicyclic) bond motifs is 9. The van der Waals surface area contributed by atoms with Gasteiger partial charge in [0, 0.05) is 21.8 Å². The molecular weight excluding hydrogens is 1210 g/mol. The minimum Gasteiger partial charge on any atom is -0.497 e. The Labute approximate surface area is 616 Å². The molecule has 100 heavy (non-hydrogen) atoms. The molecular formula is C98H146O2. The number of methoxy groups -OCH3 is 1. The molecule has 0 N–H and O–H groups in total. The maximum absolute atomic E-state index is 11.7. The molecule has 2 nitrogen and oxygen atoms in total. The normalized spacial score (nSPS) is 13.7. The second-order valence-electron chi connectivity index (χ2n) is 31.0. The average Bonchev–Trinajstić information content (AvgIpc) is 1.59. The molecule has 3 aliphatic carbocycles. The van der Waals surface area contributed by atoms with Gasteiger partial charge in [0.1, 0.15) is 12.0 Å². The largest absolute Gasteiger partial charge is 0.497 e. The van der Waals surface area contributed by atoms with Gasteiger partial charge in [-0.2, -0.15) is 0 Å². The number of aldehydes is 1. The second-order valence-corrected chi connectivity index (χ2v) is 31.0. The summed E-state index contributed by atoms with van der Waals surface area (Å²) in [7, 11) is 1.76. The molecule has 0 spiro atoms. The van der Waals surface area contributed by atoms with Crippen molar-refractivity contribution in [1.82, 2.24) is 0 Å². The lowest BCUT2D eigenvalue weighted by atomic mass is 9.70. The van der Waals surface area contributed by atoms with Crippen LogP contribution in [0.25, 0.3) is 39.5 Å². The number of hydrogen-bond donors (Lipinski definition) is 0. The SMILES string of the molecule is C.C/C=C/c1ccc2c(c1)C(CCCCCCCC)(CCCCCCCC)c1cc(C)ccc1-2.CCCCCCCCC1(CCCCCCCC)c2cc(C=O)ccc2-c2ccc(OC)cc21.CCCCCCCCC1(CCCCCCCC)c2cc(CC)ccc2-c2ccc(CC)cc21. The number of unbranched alkanes of at least 4 members (excludes halogenated alkanes) is 30. The van der Waals surface area contributed by atoms with Crippen LogP contribution in [0.5, 0.6) is 5.75 Å². The lowest BCUT2D eigenvalue weighted by Gasteiger charge is -2.33. The summed E-state index contributed by atoms with van der Waals surface area (Å²) in [6.07, 6.45) is 64.1. The second kappa shape index (κ2) is 45.6. The molecule has 0 saturated heterocycles. The Balaban J connectivity index is 0.000000235. The van der Waals surface area contributed by atoms with E-state index in [9.17, 15) is 4.79 Å². The van der Waals surface area contributed by atoms with Crippen LogP contribution < -0.4 is 4.74 Å². The maximum Gasteiger partial charge on any atom is 0.150 e. The quantitative estimate of drug-likeness (QED) is 0.0281. The number of carbonyl (C=O) groups is 1. The van der Waals surface area contributed by atoms with Crippen molar-refractivity contribution in [3.05, 3.63) is 176 Å². The predicted molar refractivity (Wildman–Crippen MR) is 443 cm³/mol. The zero-order valence-electron chi connectivity index (χ0n) is 65.6. The fraction of sp³-hybridized carbons (Fsp3) is 0.602. The molecule has 0 fully saturated rings. The van der Waals surface area contributed by atoms with Crippen LogP contribution in [0.3, 0.4) is 0 Å². The molecule has 0 atom stereocenters. The van der Waals surface area contributed by atoms with E-state index in [4.69, 9.17) is 4.74 Å². The van der Waals surface area contributed by atoms with Gasteiger partial charge in [-0.3, -0.25) is 4.79 Å². The van der Waals surface area contributed by atoms with Gasteiger partial charge in [-0.05, 0) is 167 Å². The lowest BCUT2D eigenvalue weighted by Crippen LogP contribution is -2.26. The topological polar surface area (TPSA) is 26.3 Å². The van der Waals surface area contributed by atoms with Gasteiger partial charge < -0.3 is 4.74 Å². The van der Waals surface area contributed by atoms with Crippen molar-refractivity contribution < 1.29 is 9.53 Å². The molecule has 6 aromatic carbocycles. The van der Waals surface area contributed by atoms with E-state index in [1.807, 2.05) is 6.07 Å². The van der Waals surface area contributed by atoms with Crippen molar-refractivity contribution >= 4 is 12.4 Å². The van der Waals surface area contributed by atoms with Crippen molar-refractivity contribution in [2.45, 2.75) is 375 Å². The van der Waals surface area contributed by atoms with Crippen molar-refractivity contribution in [1.29, 1.82) is 0 Å². The summed E-state index contributed by atoms with van der Waals surface area (Å²) in [5, 5.41) is 0. The zero-order chi connectivity index (χ0) is 70.6. The molecule has 0 aromatic heterocycles. The van der Waals surface area contributed by atoms with Crippen LogP contribution >= 0.6 is 0 Å². The molecule has 0 bridgehead atoms. The minimum atomic E-state index is -0.00621. The molecule has 2 heteroatoms. The predicted octanol–water partition coefficient (Wildman–Crippen LogP) is 31.3. The zero-order valence-corrected chi connectivity index (χ0v) is 65.6. The molecule has 9 rings (SSSR count). The molecule has 0 saturated carbocycles.